The summed E-state index contributed by atoms with van der Waals surface area (Å²) < 4.78 is 34.2. The lowest BCUT2D eigenvalue weighted by Crippen LogP contribution is -2.07. The van der Waals surface area contributed by atoms with Gasteiger partial charge in [0, 0.05) is 4.90 Å². The summed E-state index contributed by atoms with van der Waals surface area (Å²) in [7, 11) is -4.53. The van der Waals surface area contributed by atoms with E-state index in [0.29, 0.717) is 4.90 Å². The van der Waals surface area contributed by atoms with E-state index in [9.17, 15) is 8.42 Å². The van der Waals surface area contributed by atoms with Crippen molar-refractivity contribution in [2.24, 2.45) is 0 Å². The summed E-state index contributed by atoms with van der Waals surface area (Å²) in [6.45, 7) is 0. The molecule has 0 saturated carbocycles. The number of benzene rings is 2. The maximum atomic E-state index is 10.6. The van der Waals surface area contributed by atoms with Crippen molar-refractivity contribution in [2.45, 2.75) is 4.90 Å². The fraction of sp³-hybridized carbons (Fsp3) is 0. The molecule has 0 amide bonds. The van der Waals surface area contributed by atoms with Crippen molar-refractivity contribution >= 4 is 23.0 Å². The minimum Gasteiger partial charge on any atom is -0.361 e. The maximum Gasteiger partial charge on any atom is 0.446 e. The predicted octanol–water partition coefficient (Wildman–Crippen LogP) is 2.82. The second kappa shape index (κ2) is 5.01. The smallest absolute Gasteiger partial charge is 0.361 e. The quantitative estimate of drug-likeness (QED) is 0.671. The highest BCUT2D eigenvalue weighted by Gasteiger charge is 2.10. The standard InChI is InChI=1S/C12H10O4S2/c13-18(14,15)16-11-7-6-10(8-12(11)17)9-4-2-1-3-5-9/h1-8,17H,(H,13,14,15). The highest BCUT2D eigenvalue weighted by molar-refractivity contribution is 7.81. The highest BCUT2D eigenvalue weighted by atomic mass is 32.3. The van der Waals surface area contributed by atoms with E-state index in [1.54, 1.807) is 12.1 Å². The second-order valence-electron chi connectivity index (χ2n) is 3.56. The lowest BCUT2D eigenvalue weighted by Gasteiger charge is -2.07. The van der Waals surface area contributed by atoms with Gasteiger partial charge in [0.1, 0.15) is 0 Å². The van der Waals surface area contributed by atoms with Gasteiger partial charge in [-0.3, -0.25) is 4.55 Å². The molecule has 6 heteroatoms. The first-order chi connectivity index (χ1) is 8.46. The summed E-state index contributed by atoms with van der Waals surface area (Å²) in [5, 5.41) is 0. The van der Waals surface area contributed by atoms with Gasteiger partial charge < -0.3 is 4.18 Å². The van der Waals surface area contributed by atoms with Crippen molar-refractivity contribution in [3.05, 3.63) is 48.5 Å². The Hall–Kier alpha value is -1.50. The van der Waals surface area contributed by atoms with Gasteiger partial charge in [0.2, 0.25) is 0 Å². The fourth-order valence-electron chi connectivity index (χ4n) is 1.51. The summed E-state index contributed by atoms with van der Waals surface area (Å²) in [5.74, 6) is -0.0134. The Morgan fingerprint density at radius 1 is 1.00 bits per heavy atom. The molecule has 94 valence electrons. The average Bonchev–Trinajstić information content (AvgIpc) is 2.31. The number of hydrogen-bond donors (Lipinski definition) is 2. The molecule has 0 aromatic heterocycles. The molecule has 2 rings (SSSR count). The topological polar surface area (TPSA) is 63.6 Å². The first-order valence-corrected chi connectivity index (χ1v) is 6.82. The molecule has 0 aliphatic carbocycles. The van der Waals surface area contributed by atoms with Crippen molar-refractivity contribution in [1.29, 1.82) is 0 Å². The van der Waals surface area contributed by atoms with Crippen molar-refractivity contribution in [1.82, 2.24) is 0 Å². The monoisotopic (exact) mass is 282 g/mol. The molecule has 0 aliphatic heterocycles. The Balaban J connectivity index is 2.37. The van der Waals surface area contributed by atoms with Crippen LogP contribution in [0.1, 0.15) is 0 Å². The SMILES string of the molecule is O=S(=O)(O)Oc1ccc(-c2ccccc2)cc1S. The zero-order valence-corrected chi connectivity index (χ0v) is 10.9. The van der Waals surface area contributed by atoms with E-state index in [1.807, 2.05) is 30.3 Å². The zero-order chi connectivity index (χ0) is 13.2. The van der Waals surface area contributed by atoms with Gasteiger partial charge in [0.25, 0.3) is 0 Å². The molecule has 0 aliphatic rings. The summed E-state index contributed by atoms with van der Waals surface area (Å²) >= 11 is 4.13. The zero-order valence-electron chi connectivity index (χ0n) is 9.15. The van der Waals surface area contributed by atoms with Gasteiger partial charge in [0.15, 0.2) is 5.75 Å². The van der Waals surface area contributed by atoms with Crippen LogP contribution in [0, 0.1) is 0 Å². The third kappa shape index (κ3) is 3.25. The number of hydrogen-bond acceptors (Lipinski definition) is 4. The van der Waals surface area contributed by atoms with Gasteiger partial charge in [-0.15, -0.1) is 12.6 Å². The molecule has 0 spiro atoms. The van der Waals surface area contributed by atoms with E-state index in [1.165, 1.54) is 6.07 Å². The average molecular weight is 282 g/mol. The number of thiol groups is 1. The van der Waals surface area contributed by atoms with E-state index in [4.69, 9.17) is 4.55 Å². The molecule has 0 radical (unpaired) electrons. The van der Waals surface area contributed by atoms with Crippen LogP contribution < -0.4 is 4.18 Å². The first-order valence-electron chi connectivity index (χ1n) is 5.01. The molecule has 0 atom stereocenters. The summed E-state index contributed by atoms with van der Waals surface area (Å²) in [6.07, 6.45) is 0. The third-order valence-electron chi connectivity index (χ3n) is 2.26. The third-order valence-corrected chi connectivity index (χ3v) is 3.00. The molecule has 0 unspecified atom stereocenters. The minimum atomic E-state index is -4.53. The fourth-order valence-corrected chi connectivity index (χ4v) is 2.20. The Kier molecular flexibility index (Phi) is 3.60. The van der Waals surface area contributed by atoms with Gasteiger partial charge in [-0.2, -0.15) is 8.42 Å². The molecule has 18 heavy (non-hydrogen) atoms. The van der Waals surface area contributed by atoms with Gasteiger partial charge in [-0.1, -0.05) is 36.4 Å². The molecule has 2 aromatic carbocycles. The maximum absolute atomic E-state index is 10.6. The summed E-state index contributed by atoms with van der Waals surface area (Å²) in [5.41, 5.74) is 1.86. The largest absolute Gasteiger partial charge is 0.446 e. The van der Waals surface area contributed by atoms with Crippen LogP contribution in [-0.4, -0.2) is 13.0 Å². The summed E-state index contributed by atoms with van der Waals surface area (Å²) in [6, 6.07) is 14.3. The van der Waals surface area contributed by atoms with Gasteiger partial charge in [-0.25, -0.2) is 0 Å². The Morgan fingerprint density at radius 2 is 1.67 bits per heavy atom. The first kappa shape index (κ1) is 12.9. The van der Waals surface area contributed by atoms with E-state index in [2.05, 4.69) is 16.8 Å². The van der Waals surface area contributed by atoms with E-state index < -0.39 is 10.4 Å². The van der Waals surface area contributed by atoms with Crippen LogP contribution >= 0.6 is 12.6 Å². The van der Waals surface area contributed by atoms with Crippen LogP contribution in [0.2, 0.25) is 0 Å². The van der Waals surface area contributed by atoms with Crippen molar-refractivity contribution < 1.29 is 17.2 Å². The molecule has 0 heterocycles. The van der Waals surface area contributed by atoms with Crippen LogP contribution in [0.15, 0.2) is 53.4 Å². The van der Waals surface area contributed by atoms with E-state index in [-0.39, 0.29) is 5.75 Å². The van der Waals surface area contributed by atoms with E-state index in [0.717, 1.165) is 11.1 Å². The molecule has 1 N–H and O–H groups in total. The summed E-state index contributed by atoms with van der Waals surface area (Å²) in [4.78, 5) is 0.328. The Morgan fingerprint density at radius 3 is 2.22 bits per heavy atom. The van der Waals surface area contributed by atoms with Crippen LogP contribution in [0.25, 0.3) is 11.1 Å². The second-order valence-corrected chi connectivity index (χ2v) is 5.06. The molecular weight excluding hydrogens is 272 g/mol. The molecule has 4 nitrogen and oxygen atoms in total. The van der Waals surface area contributed by atoms with Gasteiger partial charge in [-0.05, 0) is 23.3 Å². The molecule has 0 bridgehead atoms. The molecular formula is C12H10O4S2. The van der Waals surface area contributed by atoms with Gasteiger partial charge in [0.05, 0.1) is 0 Å². The van der Waals surface area contributed by atoms with Crippen molar-refractivity contribution in [3.8, 4) is 16.9 Å². The van der Waals surface area contributed by atoms with E-state index >= 15 is 0 Å². The van der Waals surface area contributed by atoms with Crippen LogP contribution in [-0.2, 0) is 10.4 Å². The van der Waals surface area contributed by atoms with Crippen molar-refractivity contribution in [2.75, 3.05) is 0 Å². The minimum absolute atomic E-state index is 0.0134. The molecule has 0 saturated heterocycles. The lowest BCUT2D eigenvalue weighted by molar-refractivity contribution is 0.383. The highest BCUT2D eigenvalue weighted by Crippen LogP contribution is 2.29. The van der Waals surface area contributed by atoms with Crippen LogP contribution in [0.5, 0.6) is 5.75 Å². The lowest BCUT2D eigenvalue weighted by atomic mass is 10.1. The van der Waals surface area contributed by atoms with Crippen LogP contribution in [0.3, 0.4) is 0 Å². The van der Waals surface area contributed by atoms with Gasteiger partial charge >= 0.3 is 10.4 Å². The molecule has 2 aromatic rings. The van der Waals surface area contributed by atoms with Crippen LogP contribution in [0.4, 0.5) is 0 Å². The Bertz CT molecular complexity index is 651. The van der Waals surface area contributed by atoms with Crippen molar-refractivity contribution in [3.63, 3.8) is 0 Å². The normalized spacial score (nSPS) is 11.2. The predicted molar refractivity (Wildman–Crippen MR) is 71.3 cm³/mol. The number of rotatable bonds is 3. The Labute approximate surface area is 111 Å². The molecule has 0 fully saturated rings.